The van der Waals surface area contributed by atoms with E-state index < -0.39 is 0 Å². The molecule has 0 heterocycles. The summed E-state index contributed by atoms with van der Waals surface area (Å²) in [7, 11) is 1.82. The molecule has 1 nitrogen and oxygen atoms in total. The maximum absolute atomic E-state index is 13.4. The van der Waals surface area contributed by atoms with Crippen LogP contribution in [-0.2, 0) is 6.42 Å². The third kappa shape index (κ3) is 2.66. The molecular weight excluding hydrogens is 256 g/mol. The van der Waals surface area contributed by atoms with E-state index >= 15 is 0 Å². The van der Waals surface area contributed by atoms with Crippen molar-refractivity contribution in [1.29, 1.82) is 0 Å². The van der Waals surface area contributed by atoms with Crippen molar-refractivity contribution in [2.45, 2.75) is 6.42 Å². The number of rotatable bonds is 3. The van der Waals surface area contributed by atoms with Gasteiger partial charge in [0.25, 0.3) is 0 Å². The van der Waals surface area contributed by atoms with Gasteiger partial charge < -0.3 is 5.32 Å². The molecule has 0 atom stereocenters. The van der Waals surface area contributed by atoms with Gasteiger partial charge in [0.15, 0.2) is 0 Å². The lowest BCUT2D eigenvalue weighted by Crippen LogP contribution is -2.11. The van der Waals surface area contributed by atoms with Crippen molar-refractivity contribution in [2.75, 3.05) is 13.6 Å². The van der Waals surface area contributed by atoms with Crippen LogP contribution in [0.3, 0.4) is 0 Å². The molecule has 0 aromatic heterocycles. The van der Waals surface area contributed by atoms with Crippen LogP contribution in [-0.4, -0.2) is 13.6 Å². The van der Waals surface area contributed by atoms with Crippen molar-refractivity contribution in [3.8, 4) is 0 Å². The molecule has 0 bridgehead atoms. The minimum atomic E-state index is -0.261. The van der Waals surface area contributed by atoms with Crippen molar-refractivity contribution in [3.05, 3.63) is 33.0 Å². The van der Waals surface area contributed by atoms with E-state index in [0.29, 0.717) is 28.0 Å². The van der Waals surface area contributed by atoms with Gasteiger partial charge in [-0.1, -0.05) is 11.6 Å². The van der Waals surface area contributed by atoms with Gasteiger partial charge >= 0.3 is 0 Å². The fraction of sp³-hybridized carbons (Fsp3) is 0.333. The predicted octanol–water partition coefficient (Wildman–Crippen LogP) is 3.00. The third-order valence-corrected chi connectivity index (χ3v) is 2.73. The van der Waals surface area contributed by atoms with E-state index in [4.69, 9.17) is 11.6 Å². The van der Waals surface area contributed by atoms with Crippen LogP contribution in [0.4, 0.5) is 4.39 Å². The molecule has 0 saturated heterocycles. The van der Waals surface area contributed by atoms with Crippen LogP contribution in [0.15, 0.2) is 16.6 Å². The summed E-state index contributed by atoms with van der Waals surface area (Å²) in [5.74, 6) is -0.261. The molecule has 1 N–H and O–H groups in total. The van der Waals surface area contributed by atoms with Gasteiger partial charge in [-0.25, -0.2) is 4.39 Å². The summed E-state index contributed by atoms with van der Waals surface area (Å²) in [5.41, 5.74) is 0.561. The Labute approximate surface area is 90.4 Å². The molecule has 0 fully saturated rings. The summed E-state index contributed by atoms with van der Waals surface area (Å²) in [5, 5.41) is 3.43. The van der Waals surface area contributed by atoms with Gasteiger partial charge in [0, 0.05) is 10.6 Å². The van der Waals surface area contributed by atoms with Crippen molar-refractivity contribution in [3.63, 3.8) is 0 Å². The topological polar surface area (TPSA) is 12.0 Å². The van der Waals surface area contributed by atoms with Crippen LogP contribution in [0.5, 0.6) is 0 Å². The second kappa shape index (κ2) is 4.94. The van der Waals surface area contributed by atoms with Crippen LogP contribution >= 0.6 is 27.5 Å². The van der Waals surface area contributed by atoms with Gasteiger partial charge in [0.1, 0.15) is 5.82 Å². The number of hydrogen-bond donors (Lipinski definition) is 1. The smallest absolute Gasteiger partial charge is 0.142 e. The van der Waals surface area contributed by atoms with Crippen LogP contribution < -0.4 is 5.32 Å². The van der Waals surface area contributed by atoms with Gasteiger partial charge in [0.05, 0.1) is 4.47 Å². The van der Waals surface area contributed by atoms with E-state index in [-0.39, 0.29) is 5.82 Å². The molecule has 0 aliphatic carbocycles. The maximum Gasteiger partial charge on any atom is 0.142 e. The SMILES string of the molecule is CNCCc1c(Cl)ccc(Br)c1F. The lowest BCUT2D eigenvalue weighted by atomic mass is 10.1. The molecule has 0 radical (unpaired) electrons. The van der Waals surface area contributed by atoms with Gasteiger partial charge in [-0.2, -0.15) is 0 Å². The quantitative estimate of drug-likeness (QED) is 0.829. The Bertz CT molecular complexity index is 304. The molecular formula is C9H10BrClFN. The highest BCUT2D eigenvalue weighted by atomic mass is 79.9. The molecule has 4 heteroatoms. The number of halogens is 3. The highest BCUT2D eigenvalue weighted by molar-refractivity contribution is 9.10. The Hall–Kier alpha value is -0.120. The van der Waals surface area contributed by atoms with Crippen molar-refractivity contribution in [2.24, 2.45) is 0 Å². The number of nitrogens with one attached hydrogen (secondary N) is 1. The minimum Gasteiger partial charge on any atom is -0.319 e. The van der Waals surface area contributed by atoms with E-state index in [1.807, 2.05) is 7.05 Å². The molecule has 0 aliphatic rings. The van der Waals surface area contributed by atoms with Gasteiger partial charge in [-0.3, -0.25) is 0 Å². The zero-order valence-corrected chi connectivity index (χ0v) is 9.54. The Morgan fingerprint density at radius 1 is 1.54 bits per heavy atom. The fourth-order valence-corrected chi connectivity index (χ4v) is 1.66. The first-order valence-corrected chi connectivity index (χ1v) is 5.11. The van der Waals surface area contributed by atoms with E-state index in [1.165, 1.54) is 0 Å². The van der Waals surface area contributed by atoms with Crippen LogP contribution in [0.1, 0.15) is 5.56 Å². The summed E-state index contributed by atoms with van der Waals surface area (Å²) in [6.45, 7) is 0.715. The van der Waals surface area contributed by atoms with Gasteiger partial charge in [-0.15, -0.1) is 0 Å². The zero-order valence-electron chi connectivity index (χ0n) is 7.20. The number of likely N-dealkylation sites (N-methyl/N-ethyl adjacent to an activating group) is 1. The third-order valence-electron chi connectivity index (χ3n) is 1.76. The summed E-state index contributed by atoms with van der Waals surface area (Å²) >= 11 is 8.97. The van der Waals surface area contributed by atoms with Crippen LogP contribution in [0.2, 0.25) is 5.02 Å². The fourth-order valence-electron chi connectivity index (χ4n) is 1.05. The first-order valence-electron chi connectivity index (χ1n) is 3.93. The summed E-state index contributed by atoms with van der Waals surface area (Å²) in [4.78, 5) is 0. The largest absolute Gasteiger partial charge is 0.319 e. The molecule has 0 aliphatic heterocycles. The van der Waals surface area contributed by atoms with Crippen LogP contribution in [0, 0.1) is 5.82 Å². The highest BCUT2D eigenvalue weighted by Crippen LogP contribution is 2.25. The molecule has 0 spiro atoms. The minimum absolute atomic E-state index is 0.261. The Morgan fingerprint density at radius 2 is 2.23 bits per heavy atom. The maximum atomic E-state index is 13.4. The first-order chi connectivity index (χ1) is 6.16. The molecule has 13 heavy (non-hydrogen) atoms. The van der Waals surface area contributed by atoms with Gasteiger partial charge in [0.2, 0.25) is 0 Å². The summed E-state index contributed by atoms with van der Waals surface area (Å²) in [6, 6.07) is 3.31. The second-order valence-corrected chi connectivity index (χ2v) is 3.94. The Kier molecular flexibility index (Phi) is 4.16. The molecule has 0 unspecified atom stereocenters. The normalized spacial score (nSPS) is 10.5. The predicted molar refractivity (Wildman–Crippen MR) is 56.7 cm³/mol. The second-order valence-electron chi connectivity index (χ2n) is 2.68. The van der Waals surface area contributed by atoms with Gasteiger partial charge in [-0.05, 0) is 48.1 Å². The van der Waals surface area contributed by atoms with E-state index in [1.54, 1.807) is 12.1 Å². The molecule has 0 amide bonds. The standard InChI is InChI=1S/C9H10BrClFN/c1-13-5-4-6-8(11)3-2-7(10)9(6)12/h2-3,13H,4-5H2,1H3. The number of benzene rings is 1. The number of hydrogen-bond acceptors (Lipinski definition) is 1. The molecule has 1 aromatic rings. The average Bonchev–Trinajstić information content (AvgIpc) is 2.12. The Balaban J connectivity index is 2.96. The van der Waals surface area contributed by atoms with Crippen molar-refractivity contribution >= 4 is 27.5 Å². The van der Waals surface area contributed by atoms with E-state index in [9.17, 15) is 4.39 Å². The van der Waals surface area contributed by atoms with E-state index in [2.05, 4.69) is 21.2 Å². The molecule has 72 valence electrons. The van der Waals surface area contributed by atoms with E-state index in [0.717, 1.165) is 0 Å². The van der Waals surface area contributed by atoms with Crippen molar-refractivity contribution in [1.82, 2.24) is 5.32 Å². The first kappa shape index (κ1) is 11.0. The van der Waals surface area contributed by atoms with Crippen LogP contribution in [0.25, 0.3) is 0 Å². The molecule has 1 rings (SSSR count). The zero-order chi connectivity index (χ0) is 9.84. The monoisotopic (exact) mass is 265 g/mol. The Morgan fingerprint density at radius 3 is 2.85 bits per heavy atom. The molecule has 0 saturated carbocycles. The lowest BCUT2D eigenvalue weighted by Gasteiger charge is -2.06. The lowest BCUT2D eigenvalue weighted by molar-refractivity contribution is 0.599. The summed E-state index contributed by atoms with van der Waals surface area (Å²) < 4.78 is 13.9. The molecule has 1 aromatic carbocycles. The summed E-state index contributed by atoms with van der Waals surface area (Å²) in [6.07, 6.45) is 0.598. The van der Waals surface area contributed by atoms with Crippen molar-refractivity contribution < 1.29 is 4.39 Å². The highest BCUT2D eigenvalue weighted by Gasteiger charge is 2.09. The average molecular weight is 267 g/mol.